The summed E-state index contributed by atoms with van der Waals surface area (Å²) in [5, 5.41) is 5.67. The van der Waals surface area contributed by atoms with Crippen molar-refractivity contribution in [2.45, 2.75) is 11.1 Å². The zero-order chi connectivity index (χ0) is 19.0. The fourth-order valence-electron chi connectivity index (χ4n) is 2.85. The van der Waals surface area contributed by atoms with Crippen molar-refractivity contribution in [3.8, 4) is 17.1 Å². The van der Waals surface area contributed by atoms with E-state index in [9.17, 15) is 13.2 Å². The molecule has 0 atom stereocenters. The average molecular weight is 385 g/mol. The molecule has 0 saturated heterocycles. The first kappa shape index (κ1) is 17.6. The number of fused-ring (bicyclic) bond motifs is 1. The van der Waals surface area contributed by atoms with E-state index < -0.39 is 12.0 Å². The van der Waals surface area contributed by atoms with Crippen LogP contribution in [-0.4, -0.2) is 21.0 Å². The van der Waals surface area contributed by atoms with Gasteiger partial charge in [-0.2, -0.15) is 13.2 Å². The normalized spacial score (nSPS) is 11.9. The molecule has 0 N–H and O–H groups in total. The Hall–Kier alpha value is -2.80. The van der Waals surface area contributed by atoms with E-state index >= 15 is 0 Å². The van der Waals surface area contributed by atoms with Crippen LogP contribution in [0.4, 0.5) is 13.2 Å². The van der Waals surface area contributed by atoms with Gasteiger partial charge >= 0.3 is 6.18 Å². The summed E-state index contributed by atoms with van der Waals surface area (Å²) in [4.78, 5) is 4.82. The summed E-state index contributed by atoms with van der Waals surface area (Å²) in [6.45, 7) is 0. The molecule has 27 heavy (non-hydrogen) atoms. The first-order chi connectivity index (χ1) is 13.0. The molecule has 3 nitrogen and oxygen atoms in total. The van der Waals surface area contributed by atoms with Crippen LogP contribution in [0.2, 0.25) is 0 Å². The van der Waals surface area contributed by atoms with E-state index in [1.54, 1.807) is 30.0 Å². The van der Waals surface area contributed by atoms with Crippen molar-refractivity contribution >= 4 is 22.5 Å². The molecule has 7 heteroatoms. The first-order valence-corrected chi connectivity index (χ1v) is 9.36. The number of rotatable bonds is 3. The van der Waals surface area contributed by atoms with E-state index in [4.69, 9.17) is 0 Å². The third-order valence-electron chi connectivity index (χ3n) is 4.19. The molecule has 0 fully saturated rings. The third kappa shape index (κ3) is 3.42. The van der Waals surface area contributed by atoms with Gasteiger partial charge in [0.05, 0.1) is 5.69 Å². The van der Waals surface area contributed by atoms with Gasteiger partial charge in [-0.05, 0) is 47.4 Å². The number of nitrogens with zero attached hydrogens (tertiary/aromatic N) is 3. The number of thioether (sulfide) groups is 1. The van der Waals surface area contributed by atoms with Gasteiger partial charge in [-0.1, -0.05) is 36.4 Å². The number of benzene rings is 3. The lowest BCUT2D eigenvalue weighted by molar-refractivity contribution is -0.144. The molecule has 136 valence electrons. The number of hydrogen-bond donors (Lipinski definition) is 0. The highest BCUT2D eigenvalue weighted by Gasteiger charge is 2.37. The maximum atomic E-state index is 13.2. The topological polar surface area (TPSA) is 30.7 Å². The van der Waals surface area contributed by atoms with E-state index in [0.717, 1.165) is 15.7 Å². The van der Waals surface area contributed by atoms with Crippen molar-refractivity contribution in [1.29, 1.82) is 0 Å². The smallest absolute Gasteiger partial charge is 0.213 e. The van der Waals surface area contributed by atoms with Gasteiger partial charge in [0.2, 0.25) is 0 Å². The predicted molar refractivity (Wildman–Crippen MR) is 101 cm³/mol. The predicted octanol–water partition coefficient (Wildman–Crippen LogP) is 5.83. The van der Waals surface area contributed by atoms with Crippen LogP contribution < -0.4 is 0 Å². The largest absolute Gasteiger partial charge is 0.453 e. The second-order valence-electron chi connectivity index (χ2n) is 5.93. The van der Waals surface area contributed by atoms with E-state index in [2.05, 4.69) is 10.1 Å². The van der Waals surface area contributed by atoms with Crippen LogP contribution in [0, 0.1) is 0 Å². The minimum absolute atomic E-state index is 0.157. The molecule has 0 aliphatic heterocycles. The SMILES string of the molecule is CSc1ccc(-n2nc(C(F)(F)F)nc2-c2ccc3ccccc3c2)cc1. The van der Waals surface area contributed by atoms with Crippen LogP contribution >= 0.6 is 11.8 Å². The zero-order valence-corrected chi connectivity index (χ0v) is 15.1. The van der Waals surface area contributed by atoms with Crippen LogP contribution in [-0.2, 0) is 6.18 Å². The number of alkyl halides is 3. The fourth-order valence-corrected chi connectivity index (χ4v) is 3.26. The van der Waals surface area contributed by atoms with Crippen molar-refractivity contribution < 1.29 is 13.2 Å². The molecule has 1 aromatic heterocycles. The summed E-state index contributed by atoms with van der Waals surface area (Å²) in [5.74, 6) is -0.996. The highest BCUT2D eigenvalue weighted by atomic mass is 32.2. The Kier molecular flexibility index (Phi) is 4.39. The Labute approximate surface area is 157 Å². The van der Waals surface area contributed by atoms with Crippen LogP contribution in [0.1, 0.15) is 5.82 Å². The second kappa shape index (κ2) is 6.74. The van der Waals surface area contributed by atoms with E-state index in [1.165, 1.54) is 4.68 Å². The standard InChI is InChI=1S/C20H14F3N3S/c1-27-17-10-8-16(9-11-17)26-18(24-19(25-26)20(21,22)23)15-7-6-13-4-2-3-5-14(13)12-15/h2-12H,1H3. The monoisotopic (exact) mass is 385 g/mol. The molecule has 0 saturated carbocycles. The summed E-state index contributed by atoms with van der Waals surface area (Å²) >= 11 is 1.56. The van der Waals surface area contributed by atoms with Crippen LogP contribution in [0.15, 0.2) is 71.6 Å². The highest BCUT2D eigenvalue weighted by molar-refractivity contribution is 7.98. The van der Waals surface area contributed by atoms with Crippen LogP contribution in [0.3, 0.4) is 0 Å². The molecule has 4 aromatic rings. The molecular formula is C20H14F3N3S. The van der Waals surface area contributed by atoms with E-state index in [-0.39, 0.29) is 5.82 Å². The van der Waals surface area contributed by atoms with Gasteiger partial charge in [-0.3, -0.25) is 0 Å². The Balaban J connectivity index is 1.90. The lowest BCUT2D eigenvalue weighted by Gasteiger charge is -2.08. The third-order valence-corrected chi connectivity index (χ3v) is 4.93. The molecule has 0 radical (unpaired) electrons. The average Bonchev–Trinajstić information content (AvgIpc) is 3.13. The van der Waals surface area contributed by atoms with Crippen molar-refractivity contribution in [3.63, 3.8) is 0 Å². The van der Waals surface area contributed by atoms with Crippen LogP contribution in [0.5, 0.6) is 0 Å². The second-order valence-corrected chi connectivity index (χ2v) is 6.81. The quantitative estimate of drug-likeness (QED) is 0.416. The summed E-state index contributed by atoms with van der Waals surface area (Å²) in [6, 6.07) is 20.3. The molecule has 4 rings (SSSR count). The molecule has 0 aliphatic rings. The summed E-state index contributed by atoms with van der Waals surface area (Å²) < 4.78 is 41.0. The minimum atomic E-state index is -4.62. The summed E-state index contributed by atoms with van der Waals surface area (Å²) in [5.41, 5.74) is 1.10. The molecule has 0 unspecified atom stereocenters. The summed E-state index contributed by atoms with van der Waals surface area (Å²) in [6.07, 6.45) is -2.68. The van der Waals surface area contributed by atoms with Gasteiger partial charge < -0.3 is 0 Å². The number of hydrogen-bond acceptors (Lipinski definition) is 3. The summed E-state index contributed by atoms with van der Waals surface area (Å²) in [7, 11) is 0. The minimum Gasteiger partial charge on any atom is -0.213 e. The van der Waals surface area contributed by atoms with Gasteiger partial charge in [0.15, 0.2) is 5.82 Å². The van der Waals surface area contributed by atoms with Crippen LogP contribution in [0.25, 0.3) is 27.8 Å². The zero-order valence-electron chi connectivity index (χ0n) is 14.2. The Bertz CT molecular complexity index is 1100. The highest BCUT2D eigenvalue weighted by Crippen LogP contribution is 2.31. The Morgan fingerprint density at radius 1 is 0.889 bits per heavy atom. The molecule has 0 amide bonds. The number of halogens is 3. The Morgan fingerprint density at radius 2 is 1.59 bits per heavy atom. The molecule has 1 heterocycles. The van der Waals surface area contributed by atoms with Crippen molar-refractivity contribution in [3.05, 3.63) is 72.6 Å². The Morgan fingerprint density at radius 3 is 2.26 bits per heavy atom. The maximum Gasteiger partial charge on any atom is 0.453 e. The molecule has 0 bridgehead atoms. The van der Waals surface area contributed by atoms with E-state index in [0.29, 0.717) is 11.3 Å². The lowest BCUT2D eigenvalue weighted by Crippen LogP contribution is -2.08. The molecular weight excluding hydrogens is 371 g/mol. The van der Waals surface area contributed by atoms with Crippen molar-refractivity contribution in [1.82, 2.24) is 14.8 Å². The molecule has 3 aromatic carbocycles. The fraction of sp³-hybridized carbons (Fsp3) is 0.100. The lowest BCUT2D eigenvalue weighted by atomic mass is 10.1. The van der Waals surface area contributed by atoms with Crippen molar-refractivity contribution in [2.75, 3.05) is 6.26 Å². The van der Waals surface area contributed by atoms with Gasteiger partial charge in [0, 0.05) is 10.5 Å². The van der Waals surface area contributed by atoms with Gasteiger partial charge in [-0.25, -0.2) is 9.67 Å². The van der Waals surface area contributed by atoms with Gasteiger partial charge in [0.1, 0.15) is 0 Å². The first-order valence-electron chi connectivity index (χ1n) is 8.13. The van der Waals surface area contributed by atoms with Gasteiger partial charge in [0.25, 0.3) is 5.82 Å². The van der Waals surface area contributed by atoms with Crippen molar-refractivity contribution in [2.24, 2.45) is 0 Å². The number of aromatic nitrogens is 3. The molecule has 0 aliphatic carbocycles. The maximum absolute atomic E-state index is 13.2. The molecule has 0 spiro atoms. The van der Waals surface area contributed by atoms with Gasteiger partial charge in [-0.15, -0.1) is 16.9 Å². The van der Waals surface area contributed by atoms with E-state index in [1.807, 2.05) is 54.8 Å².